The van der Waals surface area contributed by atoms with Crippen molar-refractivity contribution < 1.29 is 18.7 Å². The first kappa shape index (κ1) is 18.4. The second kappa shape index (κ2) is 8.24. The van der Waals surface area contributed by atoms with Gasteiger partial charge in [-0.15, -0.1) is 0 Å². The number of carbonyl (C=O) groups excluding carboxylic acids is 2. The van der Waals surface area contributed by atoms with Crippen LogP contribution in [0.15, 0.2) is 18.2 Å². The summed E-state index contributed by atoms with van der Waals surface area (Å²) in [6.07, 6.45) is 1.92. The van der Waals surface area contributed by atoms with Crippen molar-refractivity contribution in [3.8, 4) is 0 Å². The molecule has 6 heteroatoms. The molecule has 0 saturated carbocycles. The summed E-state index contributed by atoms with van der Waals surface area (Å²) in [6.45, 7) is 5.87. The fourth-order valence-corrected chi connectivity index (χ4v) is 2.91. The van der Waals surface area contributed by atoms with Crippen LogP contribution in [0.1, 0.15) is 42.6 Å². The van der Waals surface area contributed by atoms with Gasteiger partial charge in [-0.3, -0.25) is 9.69 Å². The molecular weight excluding hydrogens is 311 g/mol. The maximum Gasteiger partial charge on any atom is 0.338 e. The Labute approximate surface area is 142 Å². The van der Waals surface area contributed by atoms with E-state index in [1.54, 1.807) is 6.07 Å². The van der Waals surface area contributed by atoms with Crippen LogP contribution in [0.2, 0.25) is 0 Å². The van der Waals surface area contributed by atoms with Crippen molar-refractivity contribution in [3.05, 3.63) is 35.1 Å². The maximum absolute atomic E-state index is 13.4. The molecule has 1 fully saturated rings. The minimum Gasteiger partial charge on any atom is -0.465 e. The van der Waals surface area contributed by atoms with Gasteiger partial charge < -0.3 is 10.1 Å². The van der Waals surface area contributed by atoms with Gasteiger partial charge in [0.15, 0.2) is 0 Å². The quantitative estimate of drug-likeness (QED) is 0.839. The second-order valence-electron chi connectivity index (χ2n) is 6.53. The first-order chi connectivity index (χ1) is 11.4. The van der Waals surface area contributed by atoms with E-state index in [2.05, 4.69) is 10.2 Å². The molecule has 2 rings (SSSR count). The number of nitrogens with zero attached hydrogens (tertiary/aromatic N) is 1. The Hall–Kier alpha value is -1.95. The molecule has 1 atom stereocenters. The summed E-state index contributed by atoms with van der Waals surface area (Å²) in [7, 11) is 1.29. The van der Waals surface area contributed by atoms with Crippen LogP contribution in [0.3, 0.4) is 0 Å². The number of benzene rings is 1. The highest BCUT2D eigenvalue weighted by molar-refractivity contribution is 5.91. The van der Waals surface area contributed by atoms with E-state index in [0.717, 1.165) is 31.5 Å². The first-order valence-corrected chi connectivity index (χ1v) is 8.30. The smallest absolute Gasteiger partial charge is 0.338 e. The first-order valence-electron chi connectivity index (χ1n) is 8.30. The number of ether oxygens (including phenoxy) is 1. The molecule has 132 valence electrons. The highest BCUT2D eigenvalue weighted by Crippen LogP contribution is 2.18. The predicted molar refractivity (Wildman–Crippen MR) is 89.0 cm³/mol. The lowest BCUT2D eigenvalue weighted by molar-refractivity contribution is -0.125. The molecule has 0 aromatic heterocycles. The van der Waals surface area contributed by atoms with Gasteiger partial charge in [-0.05, 0) is 37.1 Å². The molecular formula is C18H25FN2O3. The Bertz CT molecular complexity index is 604. The average Bonchev–Trinajstić information content (AvgIpc) is 2.56. The molecule has 24 heavy (non-hydrogen) atoms. The number of hydrogen-bond acceptors (Lipinski definition) is 4. The summed E-state index contributed by atoms with van der Waals surface area (Å²) in [5, 5.41) is 3.06. The lowest BCUT2D eigenvalue weighted by Crippen LogP contribution is -2.48. The van der Waals surface area contributed by atoms with E-state index in [0.29, 0.717) is 6.54 Å². The van der Waals surface area contributed by atoms with Gasteiger partial charge >= 0.3 is 5.97 Å². The Kier molecular flexibility index (Phi) is 6.31. The lowest BCUT2D eigenvalue weighted by Gasteiger charge is -2.33. The standard InChI is InChI=1S/C18H25FN2O3/c1-12(2)17(22)20-15-5-4-8-21(11-15)10-13-6-7-14(19)9-16(13)18(23)24-3/h6-7,9,12,15H,4-5,8,10-11H2,1-3H3,(H,20,22)/t15-/m1/s1. The van der Waals surface area contributed by atoms with E-state index in [1.807, 2.05) is 13.8 Å². The minimum atomic E-state index is -0.536. The summed E-state index contributed by atoms with van der Waals surface area (Å²) >= 11 is 0. The fourth-order valence-electron chi connectivity index (χ4n) is 2.91. The van der Waals surface area contributed by atoms with E-state index in [9.17, 15) is 14.0 Å². The van der Waals surface area contributed by atoms with Gasteiger partial charge in [-0.1, -0.05) is 19.9 Å². The maximum atomic E-state index is 13.4. The van der Waals surface area contributed by atoms with Gasteiger partial charge in [-0.25, -0.2) is 9.18 Å². The van der Waals surface area contributed by atoms with E-state index in [4.69, 9.17) is 4.74 Å². The van der Waals surface area contributed by atoms with Gasteiger partial charge in [0, 0.05) is 25.0 Å². The van der Waals surface area contributed by atoms with Crippen molar-refractivity contribution in [1.29, 1.82) is 0 Å². The Morgan fingerprint density at radius 3 is 2.83 bits per heavy atom. The van der Waals surface area contributed by atoms with Crippen LogP contribution in [-0.2, 0) is 16.1 Å². The number of likely N-dealkylation sites (tertiary alicyclic amines) is 1. The number of amides is 1. The van der Waals surface area contributed by atoms with Gasteiger partial charge in [0.1, 0.15) is 5.82 Å². The largest absolute Gasteiger partial charge is 0.465 e. The molecule has 1 aromatic rings. The second-order valence-corrected chi connectivity index (χ2v) is 6.53. The third-order valence-electron chi connectivity index (χ3n) is 4.25. The van der Waals surface area contributed by atoms with E-state index in [-0.39, 0.29) is 23.4 Å². The topological polar surface area (TPSA) is 58.6 Å². The number of methoxy groups -OCH3 is 1. The van der Waals surface area contributed by atoms with Crippen LogP contribution in [0, 0.1) is 11.7 Å². The molecule has 1 heterocycles. The zero-order chi connectivity index (χ0) is 17.7. The molecule has 1 amide bonds. The van der Waals surface area contributed by atoms with Gasteiger partial charge in [-0.2, -0.15) is 0 Å². The van der Waals surface area contributed by atoms with Crippen LogP contribution in [-0.4, -0.2) is 43.0 Å². The molecule has 0 spiro atoms. The Morgan fingerprint density at radius 2 is 2.17 bits per heavy atom. The average molecular weight is 336 g/mol. The molecule has 0 aliphatic carbocycles. The zero-order valence-corrected chi connectivity index (χ0v) is 14.5. The third-order valence-corrected chi connectivity index (χ3v) is 4.25. The monoisotopic (exact) mass is 336 g/mol. The van der Waals surface area contributed by atoms with Crippen molar-refractivity contribution in [2.75, 3.05) is 20.2 Å². The normalized spacial score (nSPS) is 18.5. The molecule has 1 aliphatic rings. The summed E-state index contributed by atoms with van der Waals surface area (Å²) < 4.78 is 18.2. The van der Waals surface area contributed by atoms with Crippen LogP contribution < -0.4 is 5.32 Å². The van der Waals surface area contributed by atoms with E-state index < -0.39 is 11.8 Å². The number of rotatable bonds is 5. The number of carbonyl (C=O) groups is 2. The molecule has 1 saturated heterocycles. The van der Waals surface area contributed by atoms with Crippen LogP contribution >= 0.6 is 0 Å². The van der Waals surface area contributed by atoms with E-state index >= 15 is 0 Å². The van der Waals surface area contributed by atoms with Crippen molar-refractivity contribution in [2.45, 2.75) is 39.3 Å². The Morgan fingerprint density at radius 1 is 1.42 bits per heavy atom. The summed E-state index contributed by atoms with van der Waals surface area (Å²) in [5.74, 6) is -0.978. The molecule has 0 bridgehead atoms. The molecule has 1 aliphatic heterocycles. The van der Waals surface area contributed by atoms with Crippen molar-refractivity contribution >= 4 is 11.9 Å². The lowest BCUT2D eigenvalue weighted by atomic mass is 10.0. The Balaban J connectivity index is 2.05. The summed E-state index contributed by atoms with van der Waals surface area (Å²) in [6, 6.07) is 4.29. The minimum absolute atomic E-state index is 0.0385. The summed E-state index contributed by atoms with van der Waals surface area (Å²) in [4.78, 5) is 25.9. The third kappa shape index (κ3) is 4.77. The number of esters is 1. The zero-order valence-electron chi connectivity index (χ0n) is 14.5. The molecule has 5 nitrogen and oxygen atoms in total. The number of hydrogen-bond donors (Lipinski definition) is 1. The molecule has 1 N–H and O–H groups in total. The van der Waals surface area contributed by atoms with Crippen molar-refractivity contribution in [3.63, 3.8) is 0 Å². The number of piperidine rings is 1. The fraction of sp³-hybridized carbons (Fsp3) is 0.556. The highest BCUT2D eigenvalue weighted by Gasteiger charge is 2.24. The van der Waals surface area contributed by atoms with Crippen LogP contribution in [0.25, 0.3) is 0 Å². The van der Waals surface area contributed by atoms with Crippen LogP contribution in [0.5, 0.6) is 0 Å². The van der Waals surface area contributed by atoms with Gasteiger partial charge in [0.25, 0.3) is 0 Å². The molecule has 1 aromatic carbocycles. The molecule has 0 unspecified atom stereocenters. The number of halogens is 1. The van der Waals surface area contributed by atoms with E-state index in [1.165, 1.54) is 19.2 Å². The number of nitrogens with one attached hydrogen (secondary N) is 1. The van der Waals surface area contributed by atoms with Gasteiger partial charge in [0.05, 0.1) is 12.7 Å². The summed E-state index contributed by atoms with van der Waals surface area (Å²) in [5.41, 5.74) is 0.991. The van der Waals surface area contributed by atoms with Crippen molar-refractivity contribution in [2.24, 2.45) is 5.92 Å². The molecule has 0 radical (unpaired) electrons. The predicted octanol–water partition coefficient (Wildman–Crippen LogP) is 2.35. The van der Waals surface area contributed by atoms with Gasteiger partial charge in [0.2, 0.25) is 5.91 Å². The van der Waals surface area contributed by atoms with Crippen molar-refractivity contribution in [1.82, 2.24) is 10.2 Å². The highest BCUT2D eigenvalue weighted by atomic mass is 19.1. The SMILES string of the molecule is COC(=O)c1cc(F)ccc1CN1CCC[C@@H](NC(=O)C(C)C)C1. The van der Waals surface area contributed by atoms with Crippen LogP contribution in [0.4, 0.5) is 4.39 Å².